The number of rotatable bonds is 10. The molecular formula is C24H21BrF6N4O6. The van der Waals surface area contributed by atoms with Crippen LogP contribution in [0, 0.1) is 0 Å². The molecule has 0 radical (unpaired) electrons. The number of nitrogens with zero attached hydrogens (tertiary/aromatic N) is 3. The zero-order valence-electron chi connectivity index (χ0n) is 20.8. The third-order valence-corrected chi connectivity index (χ3v) is 6.55. The quantitative estimate of drug-likeness (QED) is 0.185. The number of pyridine rings is 1. The molecular weight excluding hydrogens is 634 g/mol. The number of amides is 1. The lowest BCUT2D eigenvalue weighted by Crippen LogP contribution is -2.45. The van der Waals surface area contributed by atoms with E-state index in [0.29, 0.717) is 24.8 Å². The normalized spacial score (nSPS) is 16.1. The largest absolute Gasteiger partial charge is 0.465 e. The van der Waals surface area contributed by atoms with Gasteiger partial charge in [0.1, 0.15) is 4.60 Å². The maximum Gasteiger partial charge on any atom is 0.426 e. The number of halogens is 7. The van der Waals surface area contributed by atoms with Gasteiger partial charge in [0, 0.05) is 0 Å². The molecule has 0 aliphatic carbocycles. The van der Waals surface area contributed by atoms with E-state index in [1.54, 1.807) is 35.6 Å². The van der Waals surface area contributed by atoms with Gasteiger partial charge in [0.25, 0.3) is 11.8 Å². The Morgan fingerprint density at radius 3 is 2.39 bits per heavy atom. The van der Waals surface area contributed by atoms with Crippen LogP contribution in [0.3, 0.4) is 0 Å². The van der Waals surface area contributed by atoms with Gasteiger partial charge in [-0.1, -0.05) is 30.3 Å². The summed E-state index contributed by atoms with van der Waals surface area (Å²) >= 11 is 2.65. The highest BCUT2D eigenvalue weighted by Gasteiger charge is 2.61. The number of anilines is 1. The number of nitrogens with one attached hydrogen (secondary N) is 1. The molecule has 1 aliphatic rings. The fourth-order valence-electron chi connectivity index (χ4n) is 4.00. The molecule has 2 aromatic heterocycles. The lowest BCUT2D eigenvalue weighted by Gasteiger charge is -2.33. The van der Waals surface area contributed by atoms with Crippen LogP contribution in [-0.2, 0) is 32.6 Å². The Morgan fingerprint density at radius 2 is 1.78 bits per heavy atom. The van der Waals surface area contributed by atoms with E-state index in [2.05, 4.69) is 31.1 Å². The first-order chi connectivity index (χ1) is 19.3. The number of carboxylic acid groups (broad SMARTS) is 1. The van der Waals surface area contributed by atoms with Crippen molar-refractivity contribution in [2.75, 3.05) is 18.5 Å². The monoisotopic (exact) mass is 654 g/mol. The van der Waals surface area contributed by atoms with Gasteiger partial charge in [0.05, 0.1) is 31.1 Å². The predicted octanol–water partition coefficient (Wildman–Crippen LogP) is 6.52. The molecule has 41 heavy (non-hydrogen) atoms. The van der Waals surface area contributed by atoms with E-state index in [1.807, 2.05) is 0 Å². The van der Waals surface area contributed by atoms with E-state index in [-0.39, 0.29) is 12.8 Å². The van der Waals surface area contributed by atoms with Crippen molar-refractivity contribution >= 4 is 27.7 Å². The van der Waals surface area contributed by atoms with Crippen molar-refractivity contribution in [3.63, 3.8) is 0 Å². The molecule has 0 bridgehead atoms. The molecule has 222 valence electrons. The zero-order valence-corrected chi connectivity index (χ0v) is 22.3. The van der Waals surface area contributed by atoms with E-state index in [1.165, 1.54) is 0 Å². The Labute approximate surface area is 236 Å². The molecule has 1 atom stereocenters. The van der Waals surface area contributed by atoms with Crippen molar-refractivity contribution in [2.45, 2.75) is 50.1 Å². The first-order valence-corrected chi connectivity index (χ1v) is 12.7. The number of ether oxygens (including phenoxy) is 3. The number of carbonyl (C=O) groups is 1. The van der Waals surface area contributed by atoms with Crippen molar-refractivity contribution in [2.24, 2.45) is 0 Å². The minimum atomic E-state index is -5.11. The van der Waals surface area contributed by atoms with Crippen LogP contribution in [-0.4, -0.2) is 52.1 Å². The summed E-state index contributed by atoms with van der Waals surface area (Å²) in [6, 6.07) is 8.39. The highest BCUT2D eigenvalue weighted by Crippen LogP contribution is 2.47. The number of aromatic nitrogens is 3. The van der Waals surface area contributed by atoms with Crippen LogP contribution in [0.15, 0.2) is 45.4 Å². The first-order valence-electron chi connectivity index (χ1n) is 11.9. The summed E-state index contributed by atoms with van der Waals surface area (Å²) in [4.78, 5) is 14.9. The van der Waals surface area contributed by atoms with Crippen LogP contribution < -0.4 is 5.32 Å². The van der Waals surface area contributed by atoms with Crippen LogP contribution in [0.5, 0.6) is 0 Å². The van der Waals surface area contributed by atoms with Gasteiger partial charge in [0.2, 0.25) is 5.60 Å². The second-order valence-electron chi connectivity index (χ2n) is 8.73. The molecule has 17 heteroatoms. The number of hydrogen-bond acceptors (Lipinski definition) is 8. The van der Waals surface area contributed by atoms with Crippen LogP contribution >= 0.6 is 15.9 Å². The van der Waals surface area contributed by atoms with E-state index >= 15 is 0 Å². The molecule has 1 aliphatic heterocycles. The molecule has 1 amide bonds. The van der Waals surface area contributed by atoms with Crippen molar-refractivity contribution < 1.29 is 54.9 Å². The second-order valence-corrected chi connectivity index (χ2v) is 9.48. The van der Waals surface area contributed by atoms with Crippen LogP contribution in [0.1, 0.15) is 36.3 Å². The fourth-order valence-corrected chi connectivity index (χ4v) is 4.52. The second kappa shape index (κ2) is 12.3. The number of hydrogen-bond donors (Lipinski definition) is 2. The highest BCUT2D eigenvalue weighted by atomic mass is 79.9. The molecule has 10 nitrogen and oxygen atoms in total. The molecule has 1 saturated heterocycles. The summed E-state index contributed by atoms with van der Waals surface area (Å²) in [5.41, 5.74) is -5.49. The first kappa shape index (κ1) is 30.7. The summed E-state index contributed by atoms with van der Waals surface area (Å²) < 4.78 is 105. The number of benzene rings is 1. The summed E-state index contributed by atoms with van der Waals surface area (Å²) in [5, 5.41) is 17.9. The summed E-state index contributed by atoms with van der Waals surface area (Å²) in [6.07, 6.45) is -13.3. The molecule has 3 aromatic rings. The van der Waals surface area contributed by atoms with Crippen LogP contribution in [0.2, 0.25) is 0 Å². The molecule has 0 saturated carbocycles. The van der Waals surface area contributed by atoms with Gasteiger partial charge in [-0.05, 0) is 46.8 Å². The van der Waals surface area contributed by atoms with Crippen LogP contribution in [0.25, 0.3) is 11.6 Å². The molecule has 1 unspecified atom stereocenters. The van der Waals surface area contributed by atoms with Crippen molar-refractivity contribution in [3.8, 4) is 11.6 Å². The van der Waals surface area contributed by atoms with Gasteiger partial charge in [-0.2, -0.15) is 26.3 Å². The summed E-state index contributed by atoms with van der Waals surface area (Å²) in [6.45, 7) is 0.0917. The number of alkyl halides is 6. The molecule has 4 rings (SSSR count). The lowest BCUT2D eigenvalue weighted by molar-refractivity contribution is -0.300. The van der Waals surface area contributed by atoms with E-state index in [4.69, 9.17) is 23.7 Å². The topological polar surface area (TPSA) is 129 Å². The Kier molecular flexibility index (Phi) is 9.20. The Hall–Kier alpha value is -3.28. The Bertz CT molecular complexity index is 1350. The zero-order chi connectivity index (χ0) is 29.8. The van der Waals surface area contributed by atoms with Crippen molar-refractivity contribution in [1.29, 1.82) is 0 Å². The SMILES string of the molecule is O=C(O)Nc1cc(C(F)(F)F)c(Br)nc1-c1nnc(C(CCCC2OCCO2)(OCc2ccccc2)C(F)(F)F)o1. The Morgan fingerprint density at radius 1 is 1.10 bits per heavy atom. The standard InChI is InChI=1S/C24H21BrF6N4O6/c25-18-14(23(26,27)28)11-15(32-21(36)37)17(33-18)19-34-35-20(41-19)22(24(29,30)31,8-4-7-16-38-9-10-39-16)40-12-13-5-2-1-3-6-13/h1-3,5-6,11,16,32H,4,7-10,12H2,(H,36,37). The summed E-state index contributed by atoms with van der Waals surface area (Å²) in [7, 11) is 0. The van der Waals surface area contributed by atoms with Crippen LogP contribution in [0.4, 0.5) is 36.8 Å². The van der Waals surface area contributed by atoms with Gasteiger partial charge in [-0.3, -0.25) is 5.32 Å². The lowest BCUT2D eigenvalue weighted by atomic mass is 9.94. The molecule has 3 heterocycles. The minimum absolute atomic E-state index is 0.0909. The van der Waals surface area contributed by atoms with Crippen molar-refractivity contribution in [1.82, 2.24) is 15.2 Å². The van der Waals surface area contributed by atoms with E-state index < -0.39 is 76.7 Å². The maximum atomic E-state index is 14.8. The van der Waals surface area contributed by atoms with Gasteiger partial charge in [-0.25, -0.2) is 9.78 Å². The fraction of sp³-hybridized carbons (Fsp3) is 0.417. The highest BCUT2D eigenvalue weighted by molar-refractivity contribution is 9.10. The average Bonchev–Trinajstić information content (AvgIpc) is 3.59. The maximum absolute atomic E-state index is 14.8. The molecule has 1 fully saturated rings. The van der Waals surface area contributed by atoms with Gasteiger partial charge < -0.3 is 23.7 Å². The van der Waals surface area contributed by atoms with Gasteiger partial charge in [-0.15, -0.1) is 10.2 Å². The van der Waals surface area contributed by atoms with Gasteiger partial charge >= 0.3 is 18.4 Å². The smallest absolute Gasteiger partial charge is 0.426 e. The third-order valence-electron chi connectivity index (χ3n) is 5.94. The molecule has 2 N–H and O–H groups in total. The average molecular weight is 655 g/mol. The summed E-state index contributed by atoms with van der Waals surface area (Å²) in [5.74, 6) is -1.83. The third kappa shape index (κ3) is 7.14. The molecule has 1 aromatic carbocycles. The van der Waals surface area contributed by atoms with E-state index in [0.717, 1.165) is 0 Å². The van der Waals surface area contributed by atoms with Gasteiger partial charge in [0.15, 0.2) is 12.0 Å². The van der Waals surface area contributed by atoms with Crippen molar-refractivity contribution in [3.05, 3.63) is 58.0 Å². The Balaban J connectivity index is 1.75. The predicted molar refractivity (Wildman–Crippen MR) is 130 cm³/mol. The minimum Gasteiger partial charge on any atom is -0.465 e. The molecule has 0 spiro atoms. The van der Waals surface area contributed by atoms with E-state index in [9.17, 15) is 31.1 Å².